The first-order valence-electron chi connectivity index (χ1n) is 7.84. The van der Waals surface area contributed by atoms with Crippen molar-refractivity contribution in [2.75, 3.05) is 18.4 Å². The molecule has 6 nitrogen and oxygen atoms in total. The quantitative estimate of drug-likeness (QED) is 0.802. The highest BCUT2D eigenvalue weighted by molar-refractivity contribution is 5.93. The largest absolute Gasteiger partial charge is 0.326 e. The number of rotatable bonds is 4. The summed E-state index contributed by atoms with van der Waals surface area (Å²) in [5.41, 5.74) is 1.72. The van der Waals surface area contributed by atoms with Crippen molar-refractivity contribution in [2.24, 2.45) is 5.92 Å². The van der Waals surface area contributed by atoms with Gasteiger partial charge in [-0.2, -0.15) is 5.10 Å². The van der Waals surface area contributed by atoms with E-state index in [2.05, 4.69) is 25.8 Å². The van der Waals surface area contributed by atoms with Gasteiger partial charge in [-0.05, 0) is 37.9 Å². The number of hydrogen-bond donors (Lipinski definition) is 3. The summed E-state index contributed by atoms with van der Waals surface area (Å²) in [6, 6.07) is 7.72. The van der Waals surface area contributed by atoms with Gasteiger partial charge in [0.2, 0.25) is 5.91 Å². The van der Waals surface area contributed by atoms with Crippen LogP contribution in [-0.2, 0) is 4.79 Å². The normalized spacial score (nSPS) is 20.1. The van der Waals surface area contributed by atoms with Crippen LogP contribution in [0.5, 0.6) is 0 Å². The van der Waals surface area contributed by atoms with Crippen LogP contribution in [0.4, 0.5) is 5.69 Å². The van der Waals surface area contributed by atoms with E-state index in [9.17, 15) is 4.79 Å². The van der Waals surface area contributed by atoms with Gasteiger partial charge >= 0.3 is 0 Å². The topological polar surface area (TPSA) is 82.7 Å². The fourth-order valence-corrected chi connectivity index (χ4v) is 2.80. The van der Waals surface area contributed by atoms with Gasteiger partial charge in [-0.25, -0.2) is 4.98 Å². The van der Waals surface area contributed by atoms with E-state index in [0.717, 1.165) is 36.6 Å². The van der Waals surface area contributed by atoms with Crippen molar-refractivity contribution in [3.05, 3.63) is 30.1 Å². The molecule has 0 radical (unpaired) electrons. The molecule has 1 atom stereocenters. The van der Waals surface area contributed by atoms with Crippen LogP contribution in [0, 0.1) is 5.92 Å². The summed E-state index contributed by atoms with van der Waals surface area (Å²) in [5.74, 6) is 2.37. The fraction of sp³-hybridized carbons (Fsp3) is 0.438. The highest BCUT2D eigenvalue weighted by atomic mass is 35.5. The predicted octanol–water partition coefficient (Wildman–Crippen LogP) is 2.32. The molecule has 122 valence electrons. The Morgan fingerprint density at radius 3 is 2.87 bits per heavy atom. The van der Waals surface area contributed by atoms with Gasteiger partial charge in [0, 0.05) is 23.7 Å². The third-order valence-electron chi connectivity index (χ3n) is 4.29. The lowest BCUT2D eigenvalue weighted by atomic mass is 10.1. The molecular formula is C16H20ClN5O. The van der Waals surface area contributed by atoms with Crippen LogP contribution in [0.15, 0.2) is 24.3 Å². The van der Waals surface area contributed by atoms with E-state index in [1.54, 1.807) is 0 Å². The first kappa shape index (κ1) is 16.0. The Kier molecular flexibility index (Phi) is 4.63. The second-order valence-electron chi connectivity index (χ2n) is 6.08. The van der Waals surface area contributed by atoms with Gasteiger partial charge in [0.15, 0.2) is 5.82 Å². The lowest BCUT2D eigenvalue weighted by Gasteiger charge is -2.10. The maximum absolute atomic E-state index is 12.2. The van der Waals surface area contributed by atoms with Crippen LogP contribution < -0.4 is 10.6 Å². The molecule has 4 rings (SSSR count). The second-order valence-corrected chi connectivity index (χ2v) is 6.08. The van der Waals surface area contributed by atoms with Crippen LogP contribution in [0.1, 0.15) is 31.0 Å². The van der Waals surface area contributed by atoms with Gasteiger partial charge in [-0.1, -0.05) is 12.1 Å². The molecule has 2 aromatic rings. The number of anilines is 1. The van der Waals surface area contributed by atoms with Crippen molar-refractivity contribution in [3.8, 4) is 11.4 Å². The standard InChI is InChI=1S/C16H19N5O.ClH/c22-16(12-6-7-17-9-12)18-13-3-1-2-11(8-13)15-19-14(20-21-15)10-4-5-10;/h1-3,8,10,12,17H,4-7,9H2,(H,18,22)(H,19,20,21);1H. The molecule has 3 N–H and O–H groups in total. The van der Waals surface area contributed by atoms with Crippen molar-refractivity contribution >= 4 is 24.0 Å². The van der Waals surface area contributed by atoms with Gasteiger partial charge < -0.3 is 10.6 Å². The zero-order chi connectivity index (χ0) is 14.9. The van der Waals surface area contributed by atoms with Crippen molar-refractivity contribution in [3.63, 3.8) is 0 Å². The summed E-state index contributed by atoms with van der Waals surface area (Å²) in [5, 5.41) is 13.5. The third-order valence-corrected chi connectivity index (χ3v) is 4.29. The Bertz CT molecular complexity index is 691. The Balaban J connectivity index is 0.00000156. The number of carbonyl (C=O) groups excluding carboxylic acids is 1. The van der Waals surface area contributed by atoms with Crippen LogP contribution in [0.2, 0.25) is 0 Å². The number of nitrogens with zero attached hydrogens (tertiary/aromatic N) is 2. The highest BCUT2D eigenvalue weighted by Gasteiger charge is 2.27. The average Bonchev–Trinajstić information content (AvgIpc) is 3.06. The zero-order valence-electron chi connectivity index (χ0n) is 12.7. The van der Waals surface area contributed by atoms with E-state index in [1.165, 1.54) is 12.8 Å². The molecule has 0 bridgehead atoms. The Hall–Kier alpha value is -1.92. The summed E-state index contributed by atoms with van der Waals surface area (Å²) in [7, 11) is 0. The molecule has 7 heteroatoms. The molecule has 1 aliphatic carbocycles. The minimum atomic E-state index is 0. The lowest BCUT2D eigenvalue weighted by Crippen LogP contribution is -2.24. The van der Waals surface area contributed by atoms with Crippen molar-refractivity contribution in [1.82, 2.24) is 20.5 Å². The molecule has 1 aromatic carbocycles. The van der Waals surface area contributed by atoms with Crippen LogP contribution >= 0.6 is 12.4 Å². The molecule has 1 unspecified atom stereocenters. The molecule has 1 saturated carbocycles. The maximum atomic E-state index is 12.2. The number of nitrogens with one attached hydrogen (secondary N) is 3. The molecule has 2 aliphatic rings. The van der Waals surface area contributed by atoms with Gasteiger partial charge in [-0.3, -0.25) is 9.89 Å². The predicted molar refractivity (Wildman–Crippen MR) is 90.6 cm³/mol. The molecular weight excluding hydrogens is 314 g/mol. The summed E-state index contributed by atoms with van der Waals surface area (Å²) in [4.78, 5) is 16.7. The zero-order valence-corrected chi connectivity index (χ0v) is 13.5. The van der Waals surface area contributed by atoms with E-state index < -0.39 is 0 Å². The van der Waals surface area contributed by atoms with Gasteiger partial charge in [-0.15, -0.1) is 12.4 Å². The third kappa shape index (κ3) is 3.54. The molecule has 2 heterocycles. The van der Waals surface area contributed by atoms with E-state index >= 15 is 0 Å². The molecule has 2 fully saturated rings. The minimum absolute atomic E-state index is 0. The Morgan fingerprint density at radius 2 is 2.13 bits per heavy atom. The van der Waals surface area contributed by atoms with E-state index in [1.807, 2.05) is 24.3 Å². The van der Waals surface area contributed by atoms with E-state index in [0.29, 0.717) is 11.7 Å². The number of halogens is 1. The van der Waals surface area contributed by atoms with Gasteiger partial charge in [0.05, 0.1) is 5.92 Å². The molecule has 1 amide bonds. The van der Waals surface area contributed by atoms with Crippen molar-refractivity contribution < 1.29 is 4.79 Å². The number of carbonyl (C=O) groups is 1. The number of aromatic nitrogens is 3. The first-order chi connectivity index (χ1) is 10.8. The van der Waals surface area contributed by atoms with E-state index in [4.69, 9.17) is 0 Å². The van der Waals surface area contributed by atoms with Crippen molar-refractivity contribution in [1.29, 1.82) is 0 Å². The van der Waals surface area contributed by atoms with Crippen LogP contribution in [-0.4, -0.2) is 34.2 Å². The number of H-pyrrole nitrogens is 1. The van der Waals surface area contributed by atoms with E-state index in [-0.39, 0.29) is 24.2 Å². The molecule has 1 aliphatic heterocycles. The second kappa shape index (κ2) is 6.68. The summed E-state index contributed by atoms with van der Waals surface area (Å²) < 4.78 is 0. The summed E-state index contributed by atoms with van der Waals surface area (Å²) in [6.07, 6.45) is 3.29. The number of benzene rings is 1. The monoisotopic (exact) mass is 333 g/mol. The Labute approximate surface area is 140 Å². The molecule has 1 aromatic heterocycles. The molecule has 0 spiro atoms. The number of hydrogen-bond acceptors (Lipinski definition) is 4. The molecule has 23 heavy (non-hydrogen) atoms. The van der Waals surface area contributed by atoms with Crippen LogP contribution in [0.3, 0.4) is 0 Å². The lowest BCUT2D eigenvalue weighted by molar-refractivity contribution is -0.119. The first-order valence-corrected chi connectivity index (χ1v) is 7.84. The Morgan fingerprint density at radius 1 is 1.26 bits per heavy atom. The minimum Gasteiger partial charge on any atom is -0.326 e. The van der Waals surface area contributed by atoms with Crippen molar-refractivity contribution in [2.45, 2.75) is 25.2 Å². The average molecular weight is 334 g/mol. The fourth-order valence-electron chi connectivity index (χ4n) is 2.80. The van der Waals surface area contributed by atoms with Gasteiger partial charge in [0.25, 0.3) is 0 Å². The maximum Gasteiger partial charge on any atom is 0.228 e. The SMILES string of the molecule is Cl.O=C(Nc1cccc(-c2n[nH]c(C3CC3)n2)c1)C1CCNC1. The number of amides is 1. The van der Waals surface area contributed by atoms with Crippen LogP contribution in [0.25, 0.3) is 11.4 Å². The highest BCUT2D eigenvalue weighted by Crippen LogP contribution is 2.38. The molecule has 1 saturated heterocycles. The number of aromatic amines is 1. The summed E-state index contributed by atoms with van der Waals surface area (Å²) >= 11 is 0. The van der Waals surface area contributed by atoms with Gasteiger partial charge in [0.1, 0.15) is 5.82 Å². The smallest absolute Gasteiger partial charge is 0.228 e. The summed E-state index contributed by atoms with van der Waals surface area (Å²) in [6.45, 7) is 1.68.